The summed E-state index contributed by atoms with van der Waals surface area (Å²) in [5.74, 6) is 0.198. The van der Waals surface area contributed by atoms with Crippen LogP contribution in [0.3, 0.4) is 0 Å². The van der Waals surface area contributed by atoms with Crippen molar-refractivity contribution in [3.63, 3.8) is 0 Å². The molecule has 0 aliphatic carbocycles. The van der Waals surface area contributed by atoms with E-state index in [2.05, 4.69) is 10.6 Å². The normalized spacial score (nSPS) is 25.5. The Hall–Kier alpha value is -1.88. The van der Waals surface area contributed by atoms with Gasteiger partial charge in [0.2, 0.25) is 5.91 Å². The smallest absolute Gasteiger partial charge is 0.308 e. The van der Waals surface area contributed by atoms with Crippen molar-refractivity contribution in [1.29, 1.82) is 0 Å². The molecule has 1 aromatic carbocycles. The number of benzene rings is 1. The topological polar surface area (TPSA) is 67.4 Å². The number of hydrogen-bond donors (Lipinski definition) is 2. The van der Waals surface area contributed by atoms with Crippen LogP contribution in [0.25, 0.3) is 0 Å². The molecule has 0 saturated carbocycles. The van der Waals surface area contributed by atoms with Crippen LogP contribution in [-0.4, -0.2) is 30.6 Å². The van der Waals surface area contributed by atoms with Crippen molar-refractivity contribution in [2.45, 2.75) is 70.5 Å². The van der Waals surface area contributed by atoms with Crippen molar-refractivity contribution in [1.82, 2.24) is 10.6 Å². The first-order valence-corrected chi connectivity index (χ1v) is 9.81. The first-order chi connectivity index (χ1) is 12.5. The van der Waals surface area contributed by atoms with Gasteiger partial charge in [-0.3, -0.25) is 9.59 Å². The van der Waals surface area contributed by atoms with Gasteiger partial charge < -0.3 is 15.4 Å². The minimum atomic E-state index is -0.332. The monoisotopic (exact) mass is 358 g/mol. The van der Waals surface area contributed by atoms with Gasteiger partial charge in [0.25, 0.3) is 0 Å². The number of amides is 1. The van der Waals surface area contributed by atoms with E-state index >= 15 is 0 Å². The van der Waals surface area contributed by atoms with Crippen molar-refractivity contribution in [3.8, 4) is 0 Å². The molecule has 142 valence electrons. The fraction of sp³-hybridized carbons (Fsp3) is 0.619. The Kier molecular flexibility index (Phi) is 6.30. The summed E-state index contributed by atoms with van der Waals surface area (Å²) in [4.78, 5) is 24.7. The van der Waals surface area contributed by atoms with Crippen LogP contribution < -0.4 is 10.6 Å². The summed E-state index contributed by atoms with van der Waals surface area (Å²) in [7, 11) is 0. The molecule has 3 atom stereocenters. The zero-order chi connectivity index (χ0) is 18.5. The summed E-state index contributed by atoms with van der Waals surface area (Å²) in [6.45, 7) is 4.15. The second-order valence-electron chi connectivity index (χ2n) is 7.67. The number of esters is 1. The third-order valence-corrected chi connectivity index (χ3v) is 5.62. The lowest BCUT2D eigenvalue weighted by Gasteiger charge is -2.29. The van der Waals surface area contributed by atoms with Crippen molar-refractivity contribution in [2.75, 3.05) is 6.61 Å². The van der Waals surface area contributed by atoms with E-state index in [4.69, 9.17) is 4.74 Å². The number of nitrogens with one attached hydrogen (secondary N) is 2. The Bertz CT molecular complexity index is 634. The van der Waals surface area contributed by atoms with E-state index in [-0.39, 0.29) is 24.3 Å². The molecule has 2 N–H and O–H groups in total. The summed E-state index contributed by atoms with van der Waals surface area (Å²) in [6, 6.07) is 8.72. The van der Waals surface area contributed by atoms with Gasteiger partial charge >= 0.3 is 5.97 Å². The summed E-state index contributed by atoms with van der Waals surface area (Å²) in [5, 5.41) is 6.72. The number of carbonyl (C=O) groups is 2. The van der Waals surface area contributed by atoms with Crippen molar-refractivity contribution < 1.29 is 14.3 Å². The predicted octanol–water partition coefficient (Wildman–Crippen LogP) is 3.03. The van der Waals surface area contributed by atoms with Gasteiger partial charge in [-0.2, -0.15) is 0 Å². The molecule has 5 nitrogen and oxygen atoms in total. The van der Waals surface area contributed by atoms with Crippen LogP contribution in [0.1, 0.15) is 62.6 Å². The predicted molar refractivity (Wildman–Crippen MR) is 101 cm³/mol. The van der Waals surface area contributed by atoms with Gasteiger partial charge in [-0.25, -0.2) is 0 Å². The SMILES string of the molecule is CCOC(=O)CC(NC(=O)CC1CC2CCC(C1)N2)c1ccccc1C. The highest BCUT2D eigenvalue weighted by molar-refractivity contribution is 5.78. The highest BCUT2D eigenvalue weighted by Gasteiger charge is 2.34. The fourth-order valence-electron chi connectivity index (χ4n) is 4.46. The molecule has 0 spiro atoms. The van der Waals surface area contributed by atoms with E-state index in [1.54, 1.807) is 6.92 Å². The Morgan fingerprint density at radius 3 is 2.58 bits per heavy atom. The molecule has 3 rings (SSSR count). The molecule has 2 heterocycles. The summed E-state index contributed by atoms with van der Waals surface area (Å²) in [5.41, 5.74) is 2.06. The van der Waals surface area contributed by atoms with Crippen LogP contribution in [0.4, 0.5) is 0 Å². The molecule has 0 aromatic heterocycles. The third kappa shape index (κ3) is 4.85. The quantitative estimate of drug-likeness (QED) is 0.735. The molecule has 2 bridgehead atoms. The van der Waals surface area contributed by atoms with Gasteiger partial charge in [0, 0.05) is 18.5 Å². The van der Waals surface area contributed by atoms with Crippen LogP contribution in [0.2, 0.25) is 0 Å². The van der Waals surface area contributed by atoms with Crippen molar-refractivity contribution in [3.05, 3.63) is 35.4 Å². The highest BCUT2D eigenvalue weighted by atomic mass is 16.5. The van der Waals surface area contributed by atoms with E-state index in [0.29, 0.717) is 31.0 Å². The average Bonchev–Trinajstić information content (AvgIpc) is 2.93. The lowest BCUT2D eigenvalue weighted by atomic mass is 9.89. The van der Waals surface area contributed by atoms with Crippen molar-refractivity contribution >= 4 is 11.9 Å². The maximum absolute atomic E-state index is 12.7. The minimum absolute atomic E-state index is 0.0360. The first-order valence-electron chi connectivity index (χ1n) is 9.81. The Morgan fingerprint density at radius 2 is 1.92 bits per heavy atom. The number of aryl methyl sites for hydroxylation is 1. The van der Waals surface area contributed by atoms with Crippen LogP contribution in [-0.2, 0) is 14.3 Å². The zero-order valence-corrected chi connectivity index (χ0v) is 15.8. The molecule has 1 aromatic rings. The van der Waals surface area contributed by atoms with E-state index in [1.165, 1.54) is 12.8 Å². The van der Waals surface area contributed by atoms with Crippen LogP contribution in [0.15, 0.2) is 24.3 Å². The maximum atomic E-state index is 12.7. The van der Waals surface area contributed by atoms with E-state index < -0.39 is 0 Å². The Balaban J connectivity index is 1.63. The zero-order valence-electron chi connectivity index (χ0n) is 15.8. The van der Waals surface area contributed by atoms with Gasteiger partial charge in [0.15, 0.2) is 0 Å². The van der Waals surface area contributed by atoms with Gasteiger partial charge in [-0.05, 0) is 56.6 Å². The molecule has 0 radical (unpaired) electrons. The molecule has 26 heavy (non-hydrogen) atoms. The molecule has 2 aliphatic heterocycles. The highest BCUT2D eigenvalue weighted by Crippen LogP contribution is 2.33. The van der Waals surface area contributed by atoms with E-state index in [0.717, 1.165) is 24.0 Å². The Labute approximate surface area is 155 Å². The maximum Gasteiger partial charge on any atom is 0.308 e. The number of ether oxygens (including phenoxy) is 1. The molecular weight excluding hydrogens is 328 g/mol. The molecule has 2 fully saturated rings. The second-order valence-corrected chi connectivity index (χ2v) is 7.67. The first kappa shape index (κ1) is 18.9. The summed E-state index contributed by atoms with van der Waals surface area (Å²) < 4.78 is 5.10. The lowest BCUT2D eigenvalue weighted by Crippen LogP contribution is -2.40. The largest absolute Gasteiger partial charge is 0.466 e. The second kappa shape index (κ2) is 8.67. The number of carbonyl (C=O) groups excluding carboxylic acids is 2. The molecule has 3 unspecified atom stereocenters. The molecule has 2 aliphatic rings. The van der Waals surface area contributed by atoms with Gasteiger partial charge in [-0.1, -0.05) is 24.3 Å². The van der Waals surface area contributed by atoms with E-state index in [1.807, 2.05) is 31.2 Å². The van der Waals surface area contributed by atoms with Crippen LogP contribution in [0, 0.1) is 12.8 Å². The molecule has 2 saturated heterocycles. The van der Waals surface area contributed by atoms with Crippen LogP contribution >= 0.6 is 0 Å². The van der Waals surface area contributed by atoms with Crippen molar-refractivity contribution in [2.24, 2.45) is 5.92 Å². The molecule has 1 amide bonds. The third-order valence-electron chi connectivity index (χ3n) is 5.62. The summed E-state index contributed by atoms with van der Waals surface area (Å²) >= 11 is 0. The summed E-state index contributed by atoms with van der Waals surface area (Å²) in [6.07, 6.45) is 5.34. The Morgan fingerprint density at radius 1 is 1.23 bits per heavy atom. The standard InChI is InChI=1S/C21H30N2O3/c1-3-26-21(25)13-19(18-7-5-4-6-14(18)2)23-20(24)12-15-10-16-8-9-17(11-15)22-16/h4-7,15-17,19,22H,3,8-13H2,1-2H3,(H,23,24). The number of rotatable bonds is 7. The lowest BCUT2D eigenvalue weighted by molar-refractivity contribution is -0.143. The van der Waals surface area contributed by atoms with E-state index in [9.17, 15) is 9.59 Å². The number of fused-ring (bicyclic) bond motifs is 2. The molecule has 5 heteroatoms. The number of piperidine rings is 1. The van der Waals surface area contributed by atoms with Gasteiger partial charge in [-0.15, -0.1) is 0 Å². The number of hydrogen-bond acceptors (Lipinski definition) is 4. The van der Waals surface area contributed by atoms with Gasteiger partial charge in [0.05, 0.1) is 19.1 Å². The molecular formula is C21H30N2O3. The van der Waals surface area contributed by atoms with Gasteiger partial charge in [0.1, 0.15) is 0 Å². The minimum Gasteiger partial charge on any atom is -0.466 e. The average molecular weight is 358 g/mol. The van der Waals surface area contributed by atoms with Crippen LogP contribution in [0.5, 0.6) is 0 Å². The fourth-order valence-corrected chi connectivity index (χ4v) is 4.46.